The molecule has 5 heteroatoms. The van der Waals surface area contributed by atoms with Crippen LogP contribution in [0.5, 0.6) is 0 Å². The average Bonchev–Trinajstić information content (AvgIpc) is 3.93. The third-order valence-electron chi connectivity index (χ3n) is 10.3. The first-order chi connectivity index (χ1) is 26.7. The van der Waals surface area contributed by atoms with Gasteiger partial charge in [0, 0.05) is 56.3 Å². The number of oxazole rings is 1. The van der Waals surface area contributed by atoms with Crippen molar-refractivity contribution >= 4 is 72.0 Å². The van der Waals surface area contributed by atoms with Crippen LogP contribution < -0.4 is 4.90 Å². The lowest BCUT2D eigenvalue weighted by Gasteiger charge is -2.27. The van der Waals surface area contributed by atoms with Crippen LogP contribution in [-0.4, -0.2) is 4.98 Å². The van der Waals surface area contributed by atoms with Gasteiger partial charge in [0.25, 0.3) is 0 Å². The molecule has 254 valence electrons. The van der Waals surface area contributed by atoms with Gasteiger partial charge >= 0.3 is 0 Å². The second kappa shape index (κ2) is 12.1. The summed E-state index contributed by atoms with van der Waals surface area (Å²) in [4.78, 5) is 7.12. The molecule has 0 aliphatic heterocycles. The smallest absolute Gasteiger partial charge is 0.227 e. The van der Waals surface area contributed by atoms with Crippen LogP contribution in [0.2, 0.25) is 0 Å². The molecule has 11 rings (SSSR count). The fraction of sp³-hybridized carbons (Fsp3) is 0. The summed E-state index contributed by atoms with van der Waals surface area (Å²) in [6, 6.07) is 63.0. The highest BCUT2D eigenvalue weighted by Crippen LogP contribution is 2.44. The summed E-state index contributed by atoms with van der Waals surface area (Å²) in [5, 5.41) is 4.15. The van der Waals surface area contributed by atoms with Gasteiger partial charge in [0.2, 0.25) is 5.89 Å². The Bertz CT molecular complexity index is 3160. The van der Waals surface area contributed by atoms with E-state index in [2.05, 4.69) is 138 Å². The number of hydrogen-bond acceptors (Lipinski definition) is 5. The topological polar surface area (TPSA) is 55.6 Å². The van der Waals surface area contributed by atoms with Gasteiger partial charge < -0.3 is 18.2 Å². The largest absolute Gasteiger partial charge is 0.456 e. The molecule has 3 heterocycles. The second-order valence-electron chi connectivity index (χ2n) is 13.6. The summed E-state index contributed by atoms with van der Waals surface area (Å²) < 4.78 is 19.0. The molecule has 11 aromatic rings. The minimum Gasteiger partial charge on any atom is -0.456 e. The molecule has 0 bridgehead atoms. The number of anilines is 3. The number of fused-ring (bicyclic) bond motifs is 7. The molecule has 54 heavy (non-hydrogen) atoms. The van der Waals surface area contributed by atoms with Crippen LogP contribution in [0.1, 0.15) is 0 Å². The molecule has 0 aliphatic rings. The van der Waals surface area contributed by atoms with E-state index in [0.29, 0.717) is 11.5 Å². The van der Waals surface area contributed by atoms with E-state index in [1.54, 1.807) is 0 Å². The van der Waals surface area contributed by atoms with Crippen LogP contribution in [-0.2, 0) is 0 Å². The van der Waals surface area contributed by atoms with Crippen LogP contribution in [0.15, 0.2) is 195 Å². The van der Waals surface area contributed by atoms with Crippen molar-refractivity contribution in [2.45, 2.75) is 0 Å². The maximum Gasteiger partial charge on any atom is 0.227 e. The standard InChI is InChI=1S/C49H30N2O3/c1-4-12-31(13-5-1)37-23-20-34(26-40(37)32-14-6-2-7-15-32)51(35-22-25-45-41(27-35)38-18-10-11-19-44(38)52-45)36-21-24-39-42-29-43-48(30-47(42)53-46(39)28-36)54-49(50-43)33-16-8-3-9-17-33/h1-30H. The molecule has 0 radical (unpaired) electrons. The number of benzene rings is 8. The Morgan fingerprint density at radius 1 is 0.333 bits per heavy atom. The molecule has 0 saturated heterocycles. The molecule has 0 aliphatic carbocycles. The zero-order valence-electron chi connectivity index (χ0n) is 28.9. The highest BCUT2D eigenvalue weighted by Gasteiger charge is 2.20. The minimum atomic E-state index is 0.594. The first-order valence-electron chi connectivity index (χ1n) is 18.0. The van der Waals surface area contributed by atoms with Gasteiger partial charge in [-0.25, -0.2) is 4.98 Å². The Balaban J connectivity index is 1.10. The zero-order chi connectivity index (χ0) is 35.6. The van der Waals surface area contributed by atoms with Gasteiger partial charge in [0.15, 0.2) is 5.58 Å². The van der Waals surface area contributed by atoms with Gasteiger partial charge in [-0.2, -0.15) is 0 Å². The summed E-state index contributed by atoms with van der Waals surface area (Å²) >= 11 is 0. The molecule has 0 fully saturated rings. The average molecular weight is 695 g/mol. The fourth-order valence-electron chi connectivity index (χ4n) is 7.73. The molecule has 3 aromatic heterocycles. The van der Waals surface area contributed by atoms with Crippen molar-refractivity contribution in [1.82, 2.24) is 4.98 Å². The Morgan fingerprint density at radius 3 is 1.69 bits per heavy atom. The summed E-state index contributed by atoms with van der Waals surface area (Å²) in [6.07, 6.45) is 0. The van der Waals surface area contributed by atoms with Crippen molar-refractivity contribution in [3.8, 4) is 33.7 Å². The Labute approximate surface area is 309 Å². The Hall–Kier alpha value is -7.37. The van der Waals surface area contributed by atoms with E-state index in [9.17, 15) is 0 Å². The first-order valence-corrected chi connectivity index (χ1v) is 18.0. The van der Waals surface area contributed by atoms with Crippen LogP contribution in [0.25, 0.3) is 88.7 Å². The van der Waals surface area contributed by atoms with Crippen molar-refractivity contribution in [2.24, 2.45) is 0 Å². The number of rotatable bonds is 6. The van der Waals surface area contributed by atoms with E-state index in [1.807, 2.05) is 48.5 Å². The third-order valence-corrected chi connectivity index (χ3v) is 10.3. The molecule has 0 unspecified atom stereocenters. The number of para-hydroxylation sites is 1. The Morgan fingerprint density at radius 2 is 0.889 bits per heavy atom. The molecule has 5 nitrogen and oxygen atoms in total. The number of nitrogens with zero attached hydrogens (tertiary/aromatic N) is 2. The molecule has 0 spiro atoms. The van der Waals surface area contributed by atoms with E-state index in [4.69, 9.17) is 18.2 Å². The van der Waals surface area contributed by atoms with Crippen LogP contribution in [0.4, 0.5) is 17.1 Å². The molecular formula is C49H30N2O3. The summed E-state index contributed by atoms with van der Waals surface area (Å²) in [7, 11) is 0. The lowest BCUT2D eigenvalue weighted by Crippen LogP contribution is -2.10. The number of aromatic nitrogens is 1. The predicted octanol–water partition coefficient (Wildman–Crippen LogP) is 14.1. The Kier molecular flexibility index (Phi) is 6.79. The molecule has 0 N–H and O–H groups in total. The van der Waals surface area contributed by atoms with Gasteiger partial charge in [-0.15, -0.1) is 0 Å². The van der Waals surface area contributed by atoms with Crippen molar-refractivity contribution in [3.63, 3.8) is 0 Å². The zero-order valence-corrected chi connectivity index (χ0v) is 28.9. The number of furan rings is 2. The monoisotopic (exact) mass is 694 g/mol. The fourth-order valence-corrected chi connectivity index (χ4v) is 7.73. The summed E-state index contributed by atoms with van der Waals surface area (Å²) in [6.45, 7) is 0. The van der Waals surface area contributed by atoms with Crippen LogP contribution in [0, 0.1) is 0 Å². The van der Waals surface area contributed by atoms with Gasteiger partial charge in [-0.3, -0.25) is 0 Å². The van der Waals surface area contributed by atoms with Gasteiger partial charge in [0.05, 0.1) is 0 Å². The molecule has 8 aromatic carbocycles. The highest BCUT2D eigenvalue weighted by molar-refractivity contribution is 6.10. The van der Waals surface area contributed by atoms with Gasteiger partial charge in [-0.05, 0) is 89.0 Å². The highest BCUT2D eigenvalue weighted by atomic mass is 16.4. The van der Waals surface area contributed by atoms with E-state index in [-0.39, 0.29) is 0 Å². The van der Waals surface area contributed by atoms with E-state index < -0.39 is 0 Å². The minimum absolute atomic E-state index is 0.594. The third kappa shape index (κ3) is 4.98. The first kappa shape index (κ1) is 30.3. The lowest BCUT2D eigenvalue weighted by atomic mass is 9.93. The second-order valence-corrected chi connectivity index (χ2v) is 13.6. The molecule has 0 amide bonds. The van der Waals surface area contributed by atoms with Gasteiger partial charge in [0.1, 0.15) is 27.8 Å². The van der Waals surface area contributed by atoms with Crippen molar-refractivity contribution in [1.29, 1.82) is 0 Å². The van der Waals surface area contributed by atoms with Crippen LogP contribution >= 0.6 is 0 Å². The van der Waals surface area contributed by atoms with Crippen molar-refractivity contribution in [3.05, 3.63) is 182 Å². The SMILES string of the molecule is c1ccc(-c2nc3cc4c(cc3o2)oc2cc(N(c3ccc(-c5ccccc5)c(-c5ccccc5)c3)c3ccc5oc6ccccc6c5c3)ccc24)cc1. The quantitative estimate of drug-likeness (QED) is 0.173. The van der Waals surface area contributed by atoms with Crippen molar-refractivity contribution in [2.75, 3.05) is 4.90 Å². The summed E-state index contributed by atoms with van der Waals surface area (Å²) in [5.41, 5.74) is 13.3. The van der Waals surface area contributed by atoms with Gasteiger partial charge in [-0.1, -0.05) is 103 Å². The molecule has 0 atom stereocenters. The van der Waals surface area contributed by atoms with E-state index >= 15 is 0 Å². The van der Waals surface area contributed by atoms with E-state index in [0.717, 1.165) is 83.1 Å². The maximum atomic E-state index is 6.59. The maximum absolute atomic E-state index is 6.59. The van der Waals surface area contributed by atoms with Crippen molar-refractivity contribution < 1.29 is 13.3 Å². The number of hydrogen-bond donors (Lipinski definition) is 0. The molecule has 0 saturated carbocycles. The van der Waals surface area contributed by atoms with Crippen LogP contribution in [0.3, 0.4) is 0 Å². The van der Waals surface area contributed by atoms with E-state index in [1.165, 1.54) is 11.1 Å². The predicted molar refractivity (Wildman–Crippen MR) is 220 cm³/mol. The normalized spacial score (nSPS) is 11.7. The lowest BCUT2D eigenvalue weighted by molar-refractivity contribution is 0.617. The summed E-state index contributed by atoms with van der Waals surface area (Å²) in [5.74, 6) is 0.594. The molecular weight excluding hydrogens is 665 g/mol.